The van der Waals surface area contributed by atoms with E-state index in [1.54, 1.807) is 10.9 Å². The van der Waals surface area contributed by atoms with Gasteiger partial charge >= 0.3 is 0 Å². The van der Waals surface area contributed by atoms with Gasteiger partial charge in [-0.15, -0.1) is 5.10 Å². The lowest BCUT2D eigenvalue weighted by atomic mass is 10.1. The minimum absolute atomic E-state index is 0.705. The lowest BCUT2D eigenvalue weighted by Crippen LogP contribution is -2.03. The van der Waals surface area contributed by atoms with Crippen molar-refractivity contribution in [3.8, 4) is 5.69 Å². The lowest BCUT2D eigenvalue weighted by molar-refractivity contribution is 0.806. The number of hydrogen-bond acceptors (Lipinski definition) is 4. The van der Waals surface area contributed by atoms with Gasteiger partial charge in [-0.25, -0.2) is 9.97 Å². The minimum atomic E-state index is 0.705. The Morgan fingerprint density at radius 3 is 2.50 bits per heavy atom. The first kappa shape index (κ1) is 10.8. The molecule has 2 aromatic heterocycles. The summed E-state index contributed by atoms with van der Waals surface area (Å²) in [5.74, 6) is 0. The van der Waals surface area contributed by atoms with Crippen LogP contribution in [0, 0.1) is 20.8 Å². The average Bonchev–Trinajstić information content (AvgIpc) is 2.72. The molecule has 0 saturated carbocycles. The van der Waals surface area contributed by atoms with Crippen molar-refractivity contribution in [3.63, 3.8) is 0 Å². The highest BCUT2D eigenvalue weighted by Crippen LogP contribution is 2.22. The first-order valence-electron chi connectivity index (χ1n) is 5.76. The Morgan fingerprint density at radius 1 is 1.06 bits per heavy atom. The number of nitrogens with zero attached hydrogens (tertiary/aromatic N) is 5. The van der Waals surface area contributed by atoms with Crippen molar-refractivity contribution in [2.24, 2.45) is 0 Å². The molecule has 0 N–H and O–H groups in total. The molecule has 0 unspecified atom stereocenters. The van der Waals surface area contributed by atoms with Crippen molar-refractivity contribution in [1.29, 1.82) is 0 Å². The fourth-order valence-electron chi connectivity index (χ4n) is 2.34. The predicted molar refractivity (Wildman–Crippen MR) is 68.7 cm³/mol. The predicted octanol–water partition coefficient (Wildman–Crippen LogP) is 2.14. The molecule has 1 aromatic carbocycles. The van der Waals surface area contributed by atoms with E-state index in [4.69, 9.17) is 0 Å². The van der Waals surface area contributed by atoms with Gasteiger partial charge in [-0.05, 0) is 31.9 Å². The van der Waals surface area contributed by atoms with Crippen LogP contribution in [0.15, 0.2) is 24.7 Å². The van der Waals surface area contributed by atoms with Crippen LogP contribution in [0.25, 0.3) is 16.9 Å². The Balaban J connectivity index is 2.33. The SMILES string of the molecule is Cc1cc(C)c(-n2nnc3cncnc32)c(C)c1. The van der Waals surface area contributed by atoms with Crippen molar-refractivity contribution < 1.29 is 0 Å². The molecule has 5 nitrogen and oxygen atoms in total. The van der Waals surface area contributed by atoms with Gasteiger partial charge in [-0.1, -0.05) is 22.9 Å². The van der Waals surface area contributed by atoms with Gasteiger partial charge in [-0.3, -0.25) is 0 Å². The summed E-state index contributed by atoms with van der Waals surface area (Å²) in [5.41, 5.74) is 6.06. The Morgan fingerprint density at radius 2 is 1.78 bits per heavy atom. The number of aromatic nitrogens is 5. The molecule has 5 heteroatoms. The molecule has 0 radical (unpaired) electrons. The molecule has 0 saturated heterocycles. The minimum Gasteiger partial charge on any atom is -0.242 e. The summed E-state index contributed by atoms with van der Waals surface area (Å²) in [6.45, 7) is 6.24. The Labute approximate surface area is 104 Å². The molecule has 0 aliphatic rings. The average molecular weight is 239 g/mol. The molecule has 0 spiro atoms. The summed E-state index contributed by atoms with van der Waals surface area (Å²) < 4.78 is 1.78. The van der Waals surface area contributed by atoms with E-state index in [1.165, 1.54) is 11.9 Å². The third kappa shape index (κ3) is 1.55. The second-order valence-corrected chi connectivity index (χ2v) is 4.48. The van der Waals surface area contributed by atoms with Crippen LogP contribution in [0.1, 0.15) is 16.7 Å². The van der Waals surface area contributed by atoms with Crippen molar-refractivity contribution in [2.75, 3.05) is 0 Å². The van der Waals surface area contributed by atoms with Gasteiger partial charge in [0.2, 0.25) is 0 Å². The lowest BCUT2D eigenvalue weighted by Gasteiger charge is -2.10. The Hall–Kier alpha value is -2.30. The molecular weight excluding hydrogens is 226 g/mol. The second kappa shape index (κ2) is 3.87. The highest BCUT2D eigenvalue weighted by Gasteiger charge is 2.12. The highest BCUT2D eigenvalue weighted by atomic mass is 15.4. The molecule has 0 bridgehead atoms. The van der Waals surface area contributed by atoms with Gasteiger partial charge < -0.3 is 0 Å². The fourth-order valence-corrected chi connectivity index (χ4v) is 2.34. The number of benzene rings is 1. The molecule has 0 atom stereocenters. The van der Waals surface area contributed by atoms with E-state index in [0.29, 0.717) is 5.52 Å². The molecule has 2 heterocycles. The normalized spacial score (nSPS) is 11.1. The summed E-state index contributed by atoms with van der Waals surface area (Å²) >= 11 is 0. The Bertz CT molecular complexity index is 706. The van der Waals surface area contributed by atoms with E-state index < -0.39 is 0 Å². The van der Waals surface area contributed by atoms with E-state index in [2.05, 4.69) is 53.2 Å². The standard InChI is InChI=1S/C13H13N5/c1-8-4-9(2)12(10(3)5-8)18-13-11(16-17-18)6-14-7-15-13/h4-7H,1-3H3. The van der Waals surface area contributed by atoms with E-state index in [1.807, 2.05) is 0 Å². The number of fused-ring (bicyclic) bond motifs is 1. The monoisotopic (exact) mass is 239 g/mol. The maximum Gasteiger partial charge on any atom is 0.186 e. The van der Waals surface area contributed by atoms with Crippen molar-refractivity contribution in [1.82, 2.24) is 25.0 Å². The maximum absolute atomic E-state index is 4.25. The van der Waals surface area contributed by atoms with Crippen LogP contribution < -0.4 is 0 Å². The van der Waals surface area contributed by atoms with Crippen LogP contribution in [0.4, 0.5) is 0 Å². The van der Waals surface area contributed by atoms with Gasteiger partial charge in [0.15, 0.2) is 11.2 Å². The van der Waals surface area contributed by atoms with E-state index in [0.717, 1.165) is 22.5 Å². The van der Waals surface area contributed by atoms with Gasteiger partial charge in [0.1, 0.15) is 6.33 Å². The van der Waals surface area contributed by atoms with Gasteiger partial charge in [0.25, 0.3) is 0 Å². The van der Waals surface area contributed by atoms with Gasteiger partial charge in [-0.2, -0.15) is 4.68 Å². The van der Waals surface area contributed by atoms with Crippen LogP contribution in [0.3, 0.4) is 0 Å². The zero-order chi connectivity index (χ0) is 12.7. The van der Waals surface area contributed by atoms with Crippen LogP contribution in [0.5, 0.6) is 0 Å². The van der Waals surface area contributed by atoms with Crippen molar-refractivity contribution >= 4 is 11.2 Å². The van der Waals surface area contributed by atoms with Gasteiger partial charge in [0, 0.05) is 0 Å². The summed E-state index contributed by atoms with van der Waals surface area (Å²) in [5, 5.41) is 8.27. The molecule has 18 heavy (non-hydrogen) atoms. The van der Waals surface area contributed by atoms with Crippen LogP contribution in [-0.2, 0) is 0 Å². The zero-order valence-electron chi connectivity index (χ0n) is 10.5. The van der Waals surface area contributed by atoms with E-state index in [-0.39, 0.29) is 0 Å². The smallest absolute Gasteiger partial charge is 0.186 e. The topological polar surface area (TPSA) is 56.5 Å². The van der Waals surface area contributed by atoms with Crippen LogP contribution in [0.2, 0.25) is 0 Å². The van der Waals surface area contributed by atoms with Crippen LogP contribution in [-0.4, -0.2) is 25.0 Å². The van der Waals surface area contributed by atoms with Gasteiger partial charge in [0.05, 0.1) is 11.9 Å². The molecule has 0 amide bonds. The number of rotatable bonds is 1. The molecule has 3 aromatic rings. The first-order chi connectivity index (χ1) is 8.66. The number of aryl methyl sites for hydroxylation is 3. The molecule has 3 rings (SSSR count). The fraction of sp³-hybridized carbons (Fsp3) is 0.231. The summed E-state index contributed by atoms with van der Waals surface area (Å²) in [6, 6.07) is 4.27. The third-order valence-electron chi connectivity index (χ3n) is 2.96. The summed E-state index contributed by atoms with van der Waals surface area (Å²) in [7, 11) is 0. The van der Waals surface area contributed by atoms with E-state index >= 15 is 0 Å². The zero-order valence-corrected chi connectivity index (χ0v) is 10.5. The molecule has 0 fully saturated rings. The molecular formula is C13H13N5. The summed E-state index contributed by atoms with van der Waals surface area (Å²) in [6.07, 6.45) is 3.19. The maximum atomic E-state index is 4.25. The molecule has 0 aliphatic heterocycles. The Kier molecular flexibility index (Phi) is 2.33. The first-order valence-corrected chi connectivity index (χ1v) is 5.76. The molecule has 90 valence electrons. The largest absolute Gasteiger partial charge is 0.242 e. The van der Waals surface area contributed by atoms with Crippen molar-refractivity contribution in [2.45, 2.75) is 20.8 Å². The quantitative estimate of drug-likeness (QED) is 0.652. The molecule has 0 aliphatic carbocycles. The number of hydrogen-bond donors (Lipinski definition) is 0. The third-order valence-corrected chi connectivity index (χ3v) is 2.96. The van der Waals surface area contributed by atoms with E-state index in [9.17, 15) is 0 Å². The highest BCUT2D eigenvalue weighted by molar-refractivity contribution is 5.71. The van der Waals surface area contributed by atoms with Crippen LogP contribution >= 0.6 is 0 Å². The summed E-state index contributed by atoms with van der Waals surface area (Å²) in [4.78, 5) is 8.20. The van der Waals surface area contributed by atoms with Crippen molar-refractivity contribution in [3.05, 3.63) is 41.3 Å². The second-order valence-electron chi connectivity index (χ2n) is 4.48.